The lowest BCUT2D eigenvalue weighted by Crippen LogP contribution is -2.44. The summed E-state index contributed by atoms with van der Waals surface area (Å²) in [6.07, 6.45) is 6.41. The molecule has 1 unspecified atom stereocenters. The molecular weight excluding hydrogens is 400 g/mol. The predicted octanol–water partition coefficient (Wildman–Crippen LogP) is 5.02. The standard InChI is InChI=1S/C27H36N2O3/c1-22-8-5-6-17-29(22)18-7-19-32-25-13-11-24(12-14-25)28-26(30)27(15-20-31-21-16-27)23-9-3-2-4-10-23/h2-4,9-14,22H,5-8,15-21H2,1H3,(H,28,30). The average molecular weight is 437 g/mol. The average Bonchev–Trinajstić information content (AvgIpc) is 2.85. The number of piperidine rings is 1. The van der Waals surface area contributed by atoms with Crippen molar-refractivity contribution in [2.24, 2.45) is 0 Å². The second-order valence-electron chi connectivity index (χ2n) is 9.12. The maximum absolute atomic E-state index is 13.4. The third kappa shape index (κ3) is 5.51. The Labute approximate surface area is 192 Å². The maximum Gasteiger partial charge on any atom is 0.235 e. The normalized spacial score (nSPS) is 21.1. The molecule has 1 atom stereocenters. The minimum Gasteiger partial charge on any atom is -0.494 e. The molecule has 2 aromatic rings. The number of benzene rings is 2. The molecule has 2 fully saturated rings. The summed E-state index contributed by atoms with van der Waals surface area (Å²) in [5.74, 6) is 0.884. The molecule has 2 aliphatic heterocycles. The molecule has 4 rings (SSSR count). The fourth-order valence-electron chi connectivity index (χ4n) is 4.96. The Kier molecular flexibility index (Phi) is 7.82. The van der Waals surface area contributed by atoms with Crippen LogP contribution in [0.25, 0.3) is 0 Å². The van der Waals surface area contributed by atoms with Crippen LogP contribution in [0.1, 0.15) is 51.0 Å². The van der Waals surface area contributed by atoms with Crippen molar-refractivity contribution in [3.05, 3.63) is 60.2 Å². The van der Waals surface area contributed by atoms with Crippen molar-refractivity contribution in [2.75, 3.05) is 38.2 Å². The Bertz CT molecular complexity index is 847. The van der Waals surface area contributed by atoms with Gasteiger partial charge in [-0.25, -0.2) is 0 Å². The van der Waals surface area contributed by atoms with E-state index in [2.05, 4.69) is 17.1 Å². The Morgan fingerprint density at radius 1 is 1.09 bits per heavy atom. The highest BCUT2D eigenvalue weighted by Crippen LogP contribution is 2.36. The van der Waals surface area contributed by atoms with E-state index in [1.54, 1.807) is 0 Å². The maximum atomic E-state index is 13.4. The molecule has 5 heteroatoms. The summed E-state index contributed by atoms with van der Waals surface area (Å²) in [5, 5.41) is 3.14. The number of ether oxygens (including phenoxy) is 2. The topological polar surface area (TPSA) is 50.8 Å². The molecule has 5 nitrogen and oxygen atoms in total. The first-order valence-corrected chi connectivity index (χ1v) is 12.1. The van der Waals surface area contributed by atoms with E-state index in [9.17, 15) is 4.79 Å². The molecule has 0 aliphatic carbocycles. The molecule has 0 spiro atoms. The van der Waals surface area contributed by atoms with Gasteiger partial charge in [0.1, 0.15) is 5.75 Å². The summed E-state index contributed by atoms with van der Waals surface area (Å²) < 4.78 is 11.5. The number of rotatable bonds is 8. The van der Waals surface area contributed by atoms with Crippen LogP contribution < -0.4 is 10.1 Å². The van der Waals surface area contributed by atoms with Crippen LogP contribution in [0.2, 0.25) is 0 Å². The van der Waals surface area contributed by atoms with Crippen LogP contribution in [-0.2, 0) is 14.9 Å². The Morgan fingerprint density at radius 3 is 2.56 bits per heavy atom. The first kappa shape index (κ1) is 22.8. The Hall–Kier alpha value is -2.37. The quantitative estimate of drug-likeness (QED) is 0.591. The molecule has 1 amide bonds. The summed E-state index contributed by atoms with van der Waals surface area (Å²) >= 11 is 0. The number of hydrogen-bond acceptors (Lipinski definition) is 4. The smallest absolute Gasteiger partial charge is 0.235 e. The molecule has 0 saturated carbocycles. The van der Waals surface area contributed by atoms with Crippen LogP contribution in [0.3, 0.4) is 0 Å². The minimum absolute atomic E-state index is 0.0383. The highest BCUT2D eigenvalue weighted by atomic mass is 16.5. The largest absolute Gasteiger partial charge is 0.494 e. The first-order chi connectivity index (χ1) is 15.7. The van der Waals surface area contributed by atoms with Crippen molar-refractivity contribution in [1.82, 2.24) is 4.90 Å². The first-order valence-electron chi connectivity index (χ1n) is 12.1. The van der Waals surface area contributed by atoms with Gasteiger partial charge in [-0.2, -0.15) is 0 Å². The molecule has 32 heavy (non-hydrogen) atoms. The summed E-state index contributed by atoms with van der Waals surface area (Å²) in [7, 11) is 0. The van der Waals surface area contributed by atoms with Gasteiger partial charge in [0, 0.05) is 31.5 Å². The Balaban J connectivity index is 1.30. The number of anilines is 1. The zero-order valence-corrected chi connectivity index (χ0v) is 19.2. The van der Waals surface area contributed by atoms with Crippen LogP contribution in [0.4, 0.5) is 5.69 Å². The lowest BCUT2D eigenvalue weighted by atomic mass is 9.73. The van der Waals surface area contributed by atoms with Crippen molar-refractivity contribution in [2.45, 2.75) is 56.9 Å². The molecule has 2 aliphatic rings. The van der Waals surface area contributed by atoms with E-state index in [1.165, 1.54) is 25.8 Å². The van der Waals surface area contributed by atoms with E-state index in [0.717, 1.165) is 30.0 Å². The van der Waals surface area contributed by atoms with Gasteiger partial charge in [0.25, 0.3) is 0 Å². The van der Waals surface area contributed by atoms with Gasteiger partial charge in [-0.3, -0.25) is 4.79 Å². The van der Waals surface area contributed by atoms with Gasteiger partial charge >= 0.3 is 0 Å². The molecule has 2 aromatic carbocycles. The van der Waals surface area contributed by atoms with Crippen molar-refractivity contribution in [3.8, 4) is 5.75 Å². The van der Waals surface area contributed by atoms with E-state index in [1.807, 2.05) is 54.6 Å². The second-order valence-corrected chi connectivity index (χ2v) is 9.12. The van der Waals surface area contributed by atoms with Crippen LogP contribution in [0, 0.1) is 0 Å². The fraction of sp³-hybridized carbons (Fsp3) is 0.519. The number of amides is 1. The van der Waals surface area contributed by atoms with Gasteiger partial charge in [0.05, 0.1) is 12.0 Å². The highest BCUT2D eigenvalue weighted by Gasteiger charge is 2.41. The predicted molar refractivity (Wildman–Crippen MR) is 128 cm³/mol. The number of nitrogens with zero attached hydrogens (tertiary/aromatic N) is 1. The number of carbonyl (C=O) groups excluding carboxylic acids is 1. The summed E-state index contributed by atoms with van der Waals surface area (Å²) in [4.78, 5) is 15.9. The minimum atomic E-state index is -0.541. The molecule has 0 bridgehead atoms. The molecule has 0 aromatic heterocycles. The summed E-state index contributed by atoms with van der Waals surface area (Å²) in [6, 6.07) is 18.5. The summed E-state index contributed by atoms with van der Waals surface area (Å²) in [5.41, 5.74) is 1.32. The zero-order valence-electron chi connectivity index (χ0n) is 19.2. The van der Waals surface area contributed by atoms with E-state index in [4.69, 9.17) is 9.47 Å². The SMILES string of the molecule is CC1CCCCN1CCCOc1ccc(NC(=O)C2(c3ccccc3)CCOCC2)cc1. The van der Waals surface area contributed by atoms with Crippen LogP contribution >= 0.6 is 0 Å². The van der Waals surface area contributed by atoms with Crippen LogP contribution in [0.15, 0.2) is 54.6 Å². The van der Waals surface area contributed by atoms with Gasteiger partial charge in [0.2, 0.25) is 5.91 Å². The number of likely N-dealkylation sites (tertiary alicyclic amines) is 1. The molecule has 0 radical (unpaired) electrons. The monoisotopic (exact) mass is 436 g/mol. The molecule has 1 N–H and O–H groups in total. The van der Waals surface area contributed by atoms with Gasteiger partial charge in [0.15, 0.2) is 0 Å². The number of hydrogen-bond donors (Lipinski definition) is 1. The highest BCUT2D eigenvalue weighted by molar-refractivity contribution is 5.99. The zero-order chi connectivity index (χ0) is 22.2. The number of carbonyl (C=O) groups is 1. The lowest BCUT2D eigenvalue weighted by Gasteiger charge is -2.36. The van der Waals surface area contributed by atoms with Crippen LogP contribution in [-0.4, -0.2) is 49.8 Å². The van der Waals surface area contributed by atoms with Crippen molar-refractivity contribution in [3.63, 3.8) is 0 Å². The van der Waals surface area contributed by atoms with Crippen molar-refractivity contribution < 1.29 is 14.3 Å². The van der Waals surface area contributed by atoms with Gasteiger partial charge in [-0.15, -0.1) is 0 Å². The Morgan fingerprint density at radius 2 is 1.84 bits per heavy atom. The van der Waals surface area contributed by atoms with Gasteiger partial charge < -0.3 is 19.7 Å². The molecular formula is C27H36N2O3. The van der Waals surface area contributed by atoms with Crippen molar-refractivity contribution in [1.29, 1.82) is 0 Å². The molecule has 2 heterocycles. The van der Waals surface area contributed by atoms with Gasteiger partial charge in [-0.1, -0.05) is 36.8 Å². The molecule has 2 saturated heterocycles. The van der Waals surface area contributed by atoms with Crippen LogP contribution in [0.5, 0.6) is 5.75 Å². The van der Waals surface area contributed by atoms with E-state index < -0.39 is 5.41 Å². The van der Waals surface area contributed by atoms with E-state index in [-0.39, 0.29) is 5.91 Å². The van der Waals surface area contributed by atoms with Crippen molar-refractivity contribution >= 4 is 11.6 Å². The second kappa shape index (κ2) is 11.0. The number of nitrogens with one attached hydrogen (secondary N) is 1. The lowest BCUT2D eigenvalue weighted by molar-refractivity contribution is -0.125. The fourth-order valence-corrected chi connectivity index (χ4v) is 4.96. The van der Waals surface area contributed by atoms with E-state index in [0.29, 0.717) is 38.7 Å². The van der Waals surface area contributed by atoms with E-state index >= 15 is 0 Å². The molecule has 172 valence electrons. The third-order valence-electron chi connectivity index (χ3n) is 7.02. The third-order valence-corrected chi connectivity index (χ3v) is 7.02. The van der Waals surface area contributed by atoms with Gasteiger partial charge in [-0.05, 0) is 75.4 Å². The summed E-state index contributed by atoms with van der Waals surface area (Å²) in [6.45, 7) is 6.56.